The van der Waals surface area contributed by atoms with Gasteiger partial charge in [-0.05, 0) is 51.0 Å². The number of pyridine rings is 1. The number of hydrogen-bond acceptors (Lipinski definition) is 6. The summed E-state index contributed by atoms with van der Waals surface area (Å²) in [7, 11) is 0. The van der Waals surface area contributed by atoms with Gasteiger partial charge in [0.15, 0.2) is 5.82 Å². The first-order valence-electron chi connectivity index (χ1n) is 11.3. The van der Waals surface area contributed by atoms with Gasteiger partial charge >= 0.3 is 0 Å². The van der Waals surface area contributed by atoms with E-state index in [1.165, 1.54) is 6.20 Å². The van der Waals surface area contributed by atoms with Crippen LogP contribution in [0.2, 0.25) is 0 Å². The lowest BCUT2D eigenvalue weighted by Gasteiger charge is -2.57. The number of piperidine rings is 3. The summed E-state index contributed by atoms with van der Waals surface area (Å²) in [5.41, 5.74) is 1.56. The van der Waals surface area contributed by atoms with Gasteiger partial charge in [0, 0.05) is 38.3 Å². The number of nitrogens with one attached hydrogen (secondary N) is 1. The van der Waals surface area contributed by atoms with Crippen molar-refractivity contribution >= 4 is 17.5 Å². The topological polar surface area (TPSA) is 91.6 Å². The van der Waals surface area contributed by atoms with Gasteiger partial charge in [0.05, 0.1) is 23.6 Å². The van der Waals surface area contributed by atoms with Crippen molar-refractivity contribution in [2.45, 2.75) is 51.6 Å². The Bertz CT molecular complexity index is 1020. The third kappa shape index (κ3) is 3.53. The minimum absolute atomic E-state index is 0.124. The van der Waals surface area contributed by atoms with Crippen molar-refractivity contribution in [3.8, 4) is 0 Å². The van der Waals surface area contributed by atoms with Crippen molar-refractivity contribution in [3.63, 3.8) is 0 Å². The Balaban J connectivity index is 1.40. The number of halogens is 1. The molecule has 2 amide bonds. The molecule has 2 aromatic rings. The van der Waals surface area contributed by atoms with E-state index < -0.39 is 0 Å². The molecule has 2 aromatic heterocycles. The van der Waals surface area contributed by atoms with Gasteiger partial charge < -0.3 is 19.6 Å². The van der Waals surface area contributed by atoms with Crippen molar-refractivity contribution in [2.24, 2.45) is 11.8 Å². The average Bonchev–Trinajstić information content (AvgIpc) is 3.12. The van der Waals surface area contributed by atoms with E-state index in [9.17, 15) is 14.0 Å². The lowest BCUT2D eigenvalue weighted by Crippen LogP contribution is -2.67. The first-order chi connectivity index (χ1) is 15.4. The zero-order chi connectivity index (χ0) is 22.4. The van der Waals surface area contributed by atoms with Crippen molar-refractivity contribution in [1.29, 1.82) is 0 Å². The average molecular weight is 442 g/mol. The molecule has 3 aliphatic rings. The number of aryl methyl sites for hydroxylation is 2. The zero-order valence-corrected chi connectivity index (χ0v) is 18.4. The molecule has 0 saturated carbocycles. The predicted molar refractivity (Wildman–Crippen MR) is 115 cm³/mol. The summed E-state index contributed by atoms with van der Waals surface area (Å²) < 4.78 is 19.6. The van der Waals surface area contributed by atoms with E-state index in [0.717, 1.165) is 25.8 Å². The summed E-state index contributed by atoms with van der Waals surface area (Å²) >= 11 is 0. The highest BCUT2D eigenvalue weighted by molar-refractivity contribution is 5.96. The molecule has 0 spiro atoms. The van der Waals surface area contributed by atoms with Crippen LogP contribution in [0.25, 0.3) is 0 Å². The Morgan fingerprint density at radius 3 is 2.88 bits per heavy atom. The van der Waals surface area contributed by atoms with E-state index in [1.54, 1.807) is 26.1 Å². The van der Waals surface area contributed by atoms with Crippen molar-refractivity contribution < 1.29 is 18.5 Å². The van der Waals surface area contributed by atoms with Crippen molar-refractivity contribution in [3.05, 3.63) is 41.3 Å². The van der Waals surface area contributed by atoms with Crippen molar-refractivity contribution in [2.75, 3.05) is 24.5 Å². The van der Waals surface area contributed by atoms with Crippen LogP contribution in [-0.4, -0.2) is 58.6 Å². The van der Waals surface area contributed by atoms with E-state index >= 15 is 0 Å². The zero-order valence-electron chi connectivity index (χ0n) is 18.4. The lowest BCUT2D eigenvalue weighted by molar-refractivity contribution is -0.148. The van der Waals surface area contributed by atoms with Crippen LogP contribution in [0.15, 0.2) is 23.0 Å². The van der Waals surface area contributed by atoms with Crippen LogP contribution in [0.1, 0.15) is 47.5 Å². The summed E-state index contributed by atoms with van der Waals surface area (Å²) in [4.78, 5) is 33.8. The fraction of sp³-hybridized carbons (Fsp3) is 0.565. The van der Waals surface area contributed by atoms with Gasteiger partial charge in [-0.15, -0.1) is 0 Å². The SMILES string of the molecule is Cc1noc(C)c1C(=O)NC[C@H]1[C@H]2C[C@H](CN(c3ccncc3F)C2)[C@@H]2CCCC(=O)N21. The summed E-state index contributed by atoms with van der Waals surface area (Å²) in [6.45, 7) is 5.18. The summed E-state index contributed by atoms with van der Waals surface area (Å²) in [5, 5.41) is 6.89. The number of carbonyl (C=O) groups excluding carboxylic acids is 2. The van der Waals surface area contributed by atoms with E-state index in [-0.39, 0.29) is 35.6 Å². The molecule has 2 bridgehead atoms. The molecule has 0 aliphatic carbocycles. The Kier molecular flexibility index (Phi) is 5.35. The maximum Gasteiger partial charge on any atom is 0.256 e. The maximum atomic E-state index is 14.5. The van der Waals surface area contributed by atoms with Crippen LogP contribution in [0.5, 0.6) is 0 Å². The van der Waals surface area contributed by atoms with Crippen LogP contribution < -0.4 is 10.2 Å². The molecule has 170 valence electrons. The molecule has 5 rings (SSSR count). The number of hydrogen-bond donors (Lipinski definition) is 1. The Labute approximate surface area is 186 Å². The number of fused-ring (bicyclic) bond motifs is 4. The van der Waals surface area contributed by atoms with Gasteiger partial charge in [0.25, 0.3) is 5.91 Å². The van der Waals surface area contributed by atoms with Gasteiger partial charge in [0.2, 0.25) is 5.91 Å². The molecular weight excluding hydrogens is 413 g/mol. The van der Waals surface area contributed by atoms with E-state index in [4.69, 9.17) is 4.52 Å². The van der Waals surface area contributed by atoms with Gasteiger partial charge in [0.1, 0.15) is 11.3 Å². The fourth-order valence-corrected chi connectivity index (χ4v) is 5.95. The van der Waals surface area contributed by atoms with Gasteiger partial charge in [-0.2, -0.15) is 0 Å². The second-order valence-corrected chi connectivity index (χ2v) is 9.23. The highest BCUT2D eigenvalue weighted by atomic mass is 19.1. The smallest absolute Gasteiger partial charge is 0.256 e. The van der Waals surface area contributed by atoms with Crippen LogP contribution in [-0.2, 0) is 4.79 Å². The monoisotopic (exact) mass is 441 g/mol. The minimum Gasteiger partial charge on any atom is -0.368 e. The molecule has 1 N–H and O–H groups in total. The predicted octanol–water partition coefficient (Wildman–Crippen LogP) is 2.46. The second-order valence-electron chi connectivity index (χ2n) is 9.23. The van der Waals surface area contributed by atoms with E-state index in [2.05, 4.69) is 20.4 Å². The lowest BCUT2D eigenvalue weighted by atomic mass is 9.72. The maximum absolute atomic E-state index is 14.5. The third-order valence-corrected chi connectivity index (χ3v) is 7.32. The molecule has 3 saturated heterocycles. The van der Waals surface area contributed by atoms with Gasteiger partial charge in [-0.1, -0.05) is 5.16 Å². The van der Waals surface area contributed by atoms with Gasteiger partial charge in [-0.25, -0.2) is 4.39 Å². The standard InChI is InChI=1S/C23H28FN5O3/c1-13-22(14(2)32-27-13)23(31)26-10-20-16-8-15(18-4-3-5-21(30)29(18)20)11-28(12-16)19-6-7-25-9-17(19)24/h6-7,9,15-16,18,20H,3-5,8,10-12H2,1-2H3,(H,26,31)/t15-,16+,18+,20+/m1/s1. The first kappa shape index (κ1) is 20.9. The molecule has 5 heterocycles. The minimum atomic E-state index is -0.327. The Hall–Kier alpha value is -2.97. The molecule has 32 heavy (non-hydrogen) atoms. The largest absolute Gasteiger partial charge is 0.368 e. The van der Waals surface area contributed by atoms with E-state index in [0.29, 0.717) is 48.1 Å². The molecule has 3 aliphatic heterocycles. The molecule has 3 fully saturated rings. The van der Waals surface area contributed by atoms with Crippen LogP contribution in [0.4, 0.5) is 10.1 Å². The van der Waals surface area contributed by atoms with Gasteiger partial charge in [-0.3, -0.25) is 14.6 Å². The number of nitrogens with zero attached hydrogens (tertiary/aromatic N) is 4. The van der Waals surface area contributed by atoms with Crippen LogP contribution in [0.3, 0.4) is 0 Å². The third-order valence-electron chi connectivity index (χ3n) is 7.32. The summed E-state index contributed by atoms with van der Waals surface area (Å²) in [6, 6.07) is 1.72. The molecular formula is C23H28FN5O3. The Morgan fingerprint density at radius 1 is 1.31 bits per heavy atom. The number of aromatic nitrogens is 2. The number of rotatable bonds is 4. The van der Waals surface area contributed by atoms with E-state index in [1.807, 2.05) is 4.90 Å². The quantitative estimate of drug-likeness (QED) is 0.784. The molecule has 0 unspecified atom stereocenters. The molecule has 4 atom stereocenters. The molecule has 0 aromatic carbocycles. The first-order valence-corrected chi connectivity index (χ1v) is 11.3. The number of carbonyl (C=O) groups is 2. The van der Waals surface area contributed by atoms with Crippen molar-refractivity contribution in [1.82, 2.24) is 20.4 Å². The fourth-order valence-electron chi connectivity index (χ4n) is 5.95. The molecule has 8 nitrogen and oxygen atoms in total. The van der Waals surface area contributed by atoms with Crippen LogP contribution >= 0.6 is 0 Å². The highest BCUT2D eigenvalue weighted by Crippen LogP contribution is 2.42. The number of anilines is 1. The van der Waals surface area contributed by atoms with Crippen LogP contribution in [0, 0.1) is 31.5 Å². The summed E-state index contributed by atoms with van der Waals surface area (Å²) in [6.07, 6.45) is 6.21. The molecule has 0 radical (unpaired) electrons. The Morgan fingerprint density at radius 2 is 2.12 bits per heavy atom. The molecule has 9 heteroatoms. The number of amides is 2. The second kappa shape index (κ2) is 8.18. The summed E-state index contributed by atoms with van der Waals surface area (Å²) in [5.74, 6) is 0.512. The normalized spacial score (nSPS) is 27.3. The highest BCUT2D eigenvalue weighted by Gasteiger charge is 2.49.